The van der Waals surface area contributed by atoms with Crippen molar-refractivity contribution < 1.29 is 23.7 Å². The van der Waals surface area contributed by atoms with Crippen LogP contribution in [-0.2, 0) is 18.9 Å². The van der Waals surface area contributed by atoms with E-state index >= 15 is 0 Å². The zero-order valence-electron chi connectivity index (χ0n) is 8.24. The van der Waals surface area contributed by atoms with E-state index in [0.717, 1.165) is 0 Å². The Labute approximate surface area is 77.9 Å². The van der Waals surface area contributed by atoms with E-state index in [1.165, 1.54) is 0 Å². The quantitative estimate of drug-likeness (QED) is 0.620. The molecule has 1 aliphatic heterocycles. The Bertz CT molecular complexity index is 128. The van der Waals surface area contributed by atoms with Crippen LogP contribution in [0.2, 0.25) is 0 Å². The highest BCUT2D eigenvalue weighted by molar-refractivity contribution is 5.61. The maximum atomic E-state index is 9.80. The molecule has 0 spiro atoms. The zero-order chi connectivity index (χ0) is 10.1. The van der Waals surface area contributed by atoms with Crippen LogP contribution in [0.1, 0.15) is 6.92 Å². The summed E-state index contributed by atoms with van der Waals surface area (Å²) in [4.78, 5) is 9.80. The predicted molar refractivity (Wildman–Crippen MR) is 45.6 cm³/mol. The Hall–Kier alpha value is -0.810. The van der Waals surface area contributed by atoms with Crippen molar-refractivity contribution in [2.45, 2.75) is 13.0 Å². The molecule has 5 nitrogen and oxygen atoms in total. The third kappa shape index (κ3) is 7.55. The van der Waals surface area contributed by atoms with E-state index in [1.54, 1.807) is 14.2 Å². The average molecular weight is 192 g/mol. The molecule has 13 heavy (non-hydrogen) atoms. The summed E-state index contributed by atoms with van der Waals surface area (Å²) in [6.07, 6.45) is -0.319. The second-order valence-electron chi connectivity index (χ2n) is 2.45. The molecule has 1 aliphatic rings. The predicted octanol–water partition coefficient (Wildman–Crippen LogP) is 0.821. The van der Waals surface area contributed by atoms with Crippen molar-refractivity contribution in [1.29, 1.82) is 0 Å². The second kappa shape index (κ2) is 7.82. The SMILES string of the molecule is COCC(C)OC.O=C1OCCO1. The Morgan fingerprint density at radius 3 is 2.08 bits per heavy atom. The Morgan fingerprint density at radius 1 is 1.38 bits per heavy atom. The smallest absolute Gasteiger partial charge is 0.431 e. The van der Waals surface area contributed by atoms with Crippen molar-refractivity contribution in [1.82, 2.24) is 0 Å². The van der Waals surface area contributed by atoms with Gasteiger partial charge in [-0.2, -0.15) is 0 Å². The van der Waals surface area contributed by atoms with Crippen molar-refractivity contribution >= 4 is 6.16 Å². The largest absolute Gasteiger partial charge is 0.508 e. The van der Waals surface area contributed by atoms with Gasteiger partial charge in [-0.1, -0.05) is 0 Å². The minimum atomic E-state index is -0.546. The fourth-order valence-corrected chi connectivity index (χ4v) is 0.594. The van der Waals surface area contributed by atoms with Crippen molar-refractivity contribution in [3.63, 3.8) is 0 Å². The van der Waals surface area contributed by atoms with Crippen LogP contribution < -0.4 is 0 Å². The minimum absolute atomic E-state index is 0.227. The highest BCUT2D eigenvalue weighted by atomic mass is 16.8. The molecule has 0 aromatic carbocycles. The van der Waals surface area contributed by atoms with Crippen LogP contribution in [0.3, 0.4) is 0 Å². The van der Waals surface area contributed by atoms with Crippen LogP contribution in [0.15, 0.2) is 0 Å². The third-order valence-electron chi connectivity index (χ3n) is 1.33. The van der Waals surface area contributed by atoms with Crippen LogP contribution >= 0.6 is 0 Å². The summed E-state index contributed by atoms with van der Waals surface area (Å²) in [7, 11) is 3.33. The molecule has 0 N–H and O–H groups in total. The number of cyclic esters (lactones) is 2. The van der Waals surface area contributed by atoms with E-state index in [1.807, 2.05) is 6.92 Å². The summed E-state index contributed by atoms with van der Waals surface area (Å²) >= 11 is 0. The lowest BCUT2D eigenvalue weighted by Crippen LogP contribution is -2.11. The van der Waals surface area contributed by atoms with Crippen LogP contribution in [-0.4, -0.2) is 46.3 Å². The van der Waals surface area contributed by atoms with Crippen molar-refractivity contribution in [2.75, 3.05) is 34.0 Å². The molecule has 78 valence electrons. The molecule has 0 amide bonds. The van der Waals surface area contributed by atoms with E-state index < -0.39 is 6.16 Å². The van der Waals surface area contributed by atoms with Gasteiger partial charge in [0.2, 0.25) is 0 Å². The zero-order valence-corrected chi connectivity index (χ0v) is 8.24. The van der Waals surface area contributed by atoms with Gasteiger partial charge in [0.15, 0.2) is 0 Å². The summed E-state index contributed by atoms with van der Waals surface area (Å²) in [5.41, 5.74) is 0. The highest BCUT2D eigenvalue weighted by Gasteiger charge is 2.09. The van der Waals surface area contributed by atoms with Gasteiger partial charge in [-0.05, 0) is 6.92 Å². The van der Waals surface area contributed by atoms with Gasteiger partial charge < -0.3 is 18.9 Å². The molecule has 0 bridgehead atoms. The number of hydrogen-bond donors (Lipinski definition) is 0. The van der Waals surface area contributed by atoms with Gasteiger partial charge in [-0.15, -0.1) is 0 Å². The normalized spacial score (nSPS) is 16.7. The molecule has 1 heterocycles. The summed E-state index contributed by atoms with van der Waals surface area (Å²) in [6.45, 7) is 3.47. The molecule has 1 atom stereocenters. The summed E-state index contributed by atoms with van der Waals surface area (Å²) in [5.74, 6) is 0. The molecule has 0 aliphatic carbocycles. The Morgan fingerprint density at radius 2 is 1.92 bits per heavy atom. The van der Waals surface area contributed by atoms with Crippen LogP contribution in [0.25, 0.3) is 0 Å². The van der Waals surface area contributed by atoms with Crippen molar-refractivity contribution in [3.8, 4) is 0 Å². The third-order valence-corrected chi connectivity index (χ3v) is 1.33. The molecule has 0 aromatic rings. The van der Waals surface area contributed by atoms with E-state index in [4.69, 9.17) is 9.47 Å². The molecule has 1 unspecified atom stereocenters. The fraction of sp³-hybridized carbons (Fsp3) is 0.875. The topological polar surface area (TPSA) is 54.0 Å². The maximum Gasteiger partial charge on any atom is 0.508 e. The van der Waals surface area contributed by atoms with E-state index in [9.17, 15) is 4.79 Å². The second-order valence-corrected chi connectivity index (χ2v) is 2.45. The van der Waals surface area contributed by atoms with E-state index in [0.29, 0.717) is 19.8 Å². The first kappa shape index (κ1) is 12.2. The molecule has 1 rings (SSSR count). The van der Waals surface area contributed by atoms with Crippen LogP contribution in [0.4, 0.5) is 4.79 Å². The van der Waals surface area contributed by atoms with Crippen molar-refractivity contribution in [3.05, 3.63) is 0 Å². The van der Waals surface area contributed by atoms with Gasteiger partial charge in [-0.3, -0.25) is 0 Å². The molecular weight excluding hydrogens is 176 g/mol. The number of carbonyl (C=O) groups is 1. The van der Waals surface area contributed by atoms with E-state index in [-0.39, 0.29) is 6.10 Å². The lowest BCUT2D eigenvalue weighted by Gasteiger charge is -2.05. The van der Waals surface area contributed by atoms with Gasteiger partial charge in [0.05, 0.1) is 12.7 Å². The summed E-state index contributed by atoms with van der Waals surface area (Å²) in [5, 5.41) is 0. The molecule has 1 fully saturated rings. The number of ether oxygens (including phenoxy) is 4. The number of rotatable bonds is 3. The van der Waals surface area contributed by atoms with E-state index in [2.05, 4.69) is 9.47 Å². The van der Waals surface area contributed by atoms with Crippen LogP contribution in [0.5, 0.6) is 0 Å². The molecule has 5 heteroatoms. The lowest BCUT2D eigenvalue weighted by atomic mass is 10.4. The van der Waals surface area contributed by atoms with Crippen LogP contribution in [0, 0.1) is 0 Å². The Kier molecular flexibility index (Phi) is 7.33. The number of carbonyl (C=O) groups excluding carboxylic acids is 1. The summed E-state index contributed by atoms with van der Waals surface area (Å²) < 4.78 is 18.2. The number of hydrogen-bond acceptors (Lipinski definition) is 5. The van der Waals surface area contributed by atoms with Crippen molar-refractivity contribution in [2.24, 2.45) is 0 Å². The van der Waals surface area contributed by atoms with Gasteiger partial charge in [0.1, 0.15) is 13.2 Å². The average Bonchev–Trinajstić information content (AvgIpc) is 2.57. The highest BCUT2D eigenvalue weighted by Crippen LogP contribution is 1.92. The van der Waals surface area contributed by atoms with Gasteiger partial charge in [-0.25, -0.2) is 4.79 Å². The number of methoxy groups -OCH3 is 2. The van der Waals surface area contributed by atoms with Gasteiger partial charge in [0, 0.05) is 14.2 Å². The first-order valence-electron chi connectivity index (χ1n) is 4.02. The first-order valence-corrected chi connectivity index (χ1v) is 4.02. The molecular formula is C8H16O5. The molecule has 0 radical (unpaired) electrons. The molecule has 0 aromatic heterocycles. The maximum absolute atomic E-state index is 9.80. The fourth-order valence-electron chi connectivity index (χ4n) is 0.594. The Balaban J connectivity index is 0.000000223. The first-order chi connectivity index (χ1) is 6.20. The van der Waals surface area contributed by atoms with Gasteiger partial charge >= 0.3 is 6.16 Å². The lowest BCUT2D eigenvalue weighted by molar-refractivity contribution is 0.0401. The monoisotopic (exact) mass is 192 g/mol. The molecule has 1 saturated heterocycles. The standard InChI is InChI=1S/C5H12O2.C3H4O3/c1-5(7-3)4-6-2;4-3-5-1-2-6-3/h5H,4H2,1-3H3;1-2H2. The minimum Gasteiger partial charge on any atom is -0.431 e. The molecule has 0 saturated carbocycles. The van der Waals surface area contributed by atoms with Gasteiger partial charge in [0.25, 0.3) is 0 Å². The summed E-state index contributed by atoms with van der Waals surface area (Å²) in [6, 6.07) is 0.